The van der Waals surface area contributed by atoms with Gasteiger partial charge in [-0.15, -0.1) is 10.2 Å². The molecule has 1 saturated carbocycles. The van der Waals surface area contributed by atoms with Gasteiger partial charge in [-0.1, -0.05) is 34.9 Å². The van der Waals surface area contributed by atoms with E-state index in [1.54, 1.807) is 40.9 Å². The highest BCUT2D eigenvalue weighted by Gasteiger charge is 2.21. The number of benzene rings is 1. The van der Waals surface area contributed by atoms with Gasteiger partial charge < -0.3 is 5.32 Å². The highest BCUT2D eigenvalue weighted by atomic mass is 32.2. The van der Waals surface area contributed by atoms with Crippen LogP contribution >= 0.6 is 34.9 Å². The molecule has 2 aromatic rings. The van der Waals surface area contributed by atoms with Crippen molar-refractivity contribution < 1.29 is 4.39 Å². The molecule has 1 heterocycles. The Balaban J connectivity index is 1.75. The minimum atomic E-state index is -0.191. The normalized spacial score (nSPS) is 14.7. The first-order valence-electron chi connectivity index (χ1n) is 6.32. The van der Waals surface area contributed by atoms with E-state index >= 15 is 0 Å². The van der Waals surface area contributed by atoms with E-state index in [-0.39, 0.29) is 5.82 Å². The third-order valence-corrected chi connectivity index (χ3v) is 6.01. The third-order valence-electron chi connectivity index (χ3n) is 2.94. The van der Waals surface area contributed by atoms with E-state index in [0.29, 0.717) is 12.6 Å². The van der Waals surface area contributed by atoms with Gasteiger partial charge >= 0.3 is 0 Å². The Morgan fingerprint density at radius 3 is 2.85 bits per heavy atom. The number of hydrogen-bond acceptors (Lipinski definition) is 6. The maximum absolute atomic E-state index is 13.4. The molecular formula is C13H14FN3S3. The Morgan fingerprint density at radius 1 is 1.35 bits per heavy atom. The number of hydrogen-bond donors (Lipinski definition) is 1. The smallest absolute Gasteiger partial charge is 0.179 e. The number of rotatable bonds is 6. The van der Waals surface area contributed by atoms with E-state index in [4.69, 9.17) is 0 Å². The van der Waals surface area contributed by atoms with E-state index in [0.717, 1.165) is 19.1 Å². The molecule has 0 unspecified atom stereocenters. The summed E-state index contributed by atoms with van der Waals surface area (Å²) in [5.74, 6) is -0.191. The molecular weight excluding hydrogens is 313 g/mol. The second kappa shape index (κ2) is 6.43. The fraction of sp³-hybridized carbons (Fsp3) is 0.385. The van der Waals surface area contributed by atoms with E-state index in [2.05, 4.69) is 15.5 Å². The molecule has 1 N–H and O–H groups in total. The van der Waals surface area contributed by atoms with Crippen molar-refractivity contribution in [2.75, 3.05) is 6.26 Å². The van der Waals surface area contributed by atoms with Crippen LogP contribution < -0.4 is 5.32 Å². The lowest BCUT2D eigenvalue weighted by atomic mass is 10.2. The largest absolute Gasteiger partial charge is 0.310 e. The Kier molecular flexibility index (Phi) is 4.60. The van der Waals surface area contributed by atoms with Crippen LogP contribution in [0, 0.1) is 5.82 Å². The van der Waals surface area contributed by atoms with Gasteiger partial charge in [0.2, 0.25) is 0 Å². The minimum absolute atomic E-state index is 0.191. The Labute approximate surface area is 129 Å². The van der Waals surface area contributed by atoms with Gasteiger partial charge in [0.05, 0.1) is 0 Å². The lowest BCUT2D eigenvalue weighted by molar-refractivity contribution is 0.616. The van der Waals surface area contributed by atoms with Crippen LogP contribution in [0.5, 0.6) is 0 Å². The number of thioether (sulfide) groups is 1. The van der Waals surface area contributed by atoms with Gasteiger partial charge in [0, 0.05) is 17.5 Å². The fourth-order valence-corrected chi connectivity index (χ4v) is 4.25. The predicted molar refractivity (Wildman–Crippen MR) is 82.1 cm³/mol. The van der Waals surface area contributed by atoms with E-state index in [9.17, 15) is 4.39 Å². The van der Waals surface area contributed by atoms with Crippen molar-refractivity contribution in [2.45, 2.75) is 39.0 Å². The van der Waals surface area contributed by atoms with Gasteiger partial charge in [-0.05, 0) is 42.9 Å². The van der Waals surface area contributed by atoms with Gasteiger partial charge in [-0.3, -0.25) is 0 Å². The van der Waals surface area contributed by atoms with Crippen molar-refractivity contribution in [3.8, 4) is 0 Å². The molecule has 0 spiro atoms. The summed E-state index contributed by atoms with van der Waals surface area (Å²) in [5, 5.41) is 11.7. The van der Waals surface area contributed by atoms with E-state index < -0.39 is 0 Å². The van der Waals surface area contributed by atoms with Crippen LogP contribution in [0.15, 0.2) is 31.8 Å². The Hall–Kier alpha value is -0.630. The molecule has 0 saturated heterocycles. The van der Waals surface area contributed by atoms with Crippen LogP contribution in [-0.4, -0.2) is 22.5 Å². The lowest BCUT2D eigenvalue weighted by Gasteiger charge is -2.08. The zero-order valence-electron chi connectivity index (χ0n) is 10.9. The fourth-order valence-electron chi connectivity index (χ4n) is 1.74. The first-order valence-corrected chi connectivity index (χ1v) is 9.17. The second-order valence-electron chi connectivity index (χ2n) is 4.55. The second-order valence-corrected chi connectivity index (χ2v) is 7.87. The topological polar surface area (TPSA) is 37.8 Å². The zero-order valence-corrected chi connectivity index (χ0v) is 13.4. The molecule has 3 nitrogen and oxygen atoms in total. The standard InChI is InChI=1S/C13H14FN3S3/c1-18-12-16-17-13(20-12)19-11-5-2-9(14)6-8(11)7-15-10-3-4-10/h2,5-6,10,15H,3-4,7H2,1H3. The molecule has 0 atom stereocenters. The molecule has 0 aliphatic heterocycles. The summed E-state index contributed by atoms with van der Waals surface area (Å²) in [6, 6.07) is 5.54. The average molecular weight is 327 g/mol. The molecule has 1 aromatic carbocycles. The average Bonchev–Trinajstić information content (AvgIpc) is 3.17. The van der Waals surface area contributed by atoms with Crippen molar-refractivity contribution >= 4 is 34.9 Å². The van der Waals surface area contributed by atoms with Gasteiger partial charge in [0.15, 0.2) is 8.68 Å². The molecule has 1 fully saturated rings. The predicted octanol–water partition coefficient (Wildman–Crippen LogP) is 3.80. The van der Waals surface area contributed by atoms with Crippen LogP contribution in [0.3, 0.4) is 0 Å². The first-order chi connectivity index (χ1) is 9.74. The molecule has 0 radical (unpaired) electrons. The maximum atomic E-state index is 13.4. The van der Waals surface area contributed by atoms with E-state index in [1.807, 2.05) is 12.3 Å². The van der Waals surface area contributed by atoms with Crippen molar-refractivity contribution in [2.24, 2.45) is 0 Å². The summed E-state index contributed by atoms with van der Waals surface area (Å²) in [5.41, 5.74) is 0.989. The van der Waals surface area contributed by atoms with Crippen LogP contribution in [0.2, 0.25) is 0 Å². The molecule has 1 aliphatic rings. The molecule has 3 rings (SSSR count). The van der Waals surface area contributed by atoms with Crippen LogP contribution in [0.25, 0.3) is 0 Å². The number of aromatic nitrogens is 2. The van der Waals surface area contributed by atoms with Gasteiger partial charge in [-0.2, -0.15) is 0 Å². The molecule has 0 bridgehead atoms. The molecule has 7 heteroatoms. The van der Waals surface area contributed by atoms with Crippen molar-refractivity contribution in [3.63, 3.8) is 0 Å². The van der Waals surface area contributed by atoms with Crippen molar-refractivity contribution in [1.82, 2.24) is 15.5 Å². The van der Waals surface area contributed by atoms with Crippen molar-refractivity contribution in [3.05, 3.63) is 29.6 Å². The molecule has 1 aliphatic carbocycles. The van der Waals surface area contributed by atoms with Crippen LogP contribution in [0.1, 0.15) is 18.4 Å². The maximum Gasteiger partial charge on any atom is 0.179 e. The highest BCUT2D eigenvalue weighted by molar-refractivity contribution is 8.03. The summed E-state index contributed by atoms with van der Waals surface area (Å²) in [6.45, 7) is 0.707. The summed E-state index contributed by atoms with van der Waals surface area (Å²) in [6.07, 6.45) is 4.44. The highest BCUT2D eigenvalue weighted by Crippen LogP contribution is 2.35. The van der Waals surface area contributed by atoms with Crippen LogP contribution in [0.4, 0.5) is 4.39 Å². The summed E-state index contributed by atoms with van der Waals surface area (Å²) >= 11 is 4.71. The quantitative estimate of drug-likeness (QED) is 0.817. The number of nitrogens with one attached hydrogen (secondary N) is 1. The zero-order chi connectivity index (χ0) is 13.9. The third kappa shape index (κ3) is 3.72. The Morgan fingerprint density at radius 2 is 2.15 bits per heavy atom. The van der Waals surface area contributed by atoms with Crippen molar-refractivity contribution in [1.29, 1.82) is 0 Å². The van der Waals surface area contributed by atoms with Crippen LogP contribution in [-0.2, 0) is 6.54 Å². The number of halogens is 1. The molecule has 0 amide bonds. The first kappa shape index (κ1) is 14.3. The number of nitrogens with zero attached hydrogens (tertiary/aromatic N) is 2. The summed E-state index contributed by atoms with van der Waals surface area (Å²) < 4.78 is 15.3. The van der Waals surface area contributed by atoms with E-state index in [1.165, 1.54) is 18.9 Å². The van der Waals surface area contributed by atoms with Gasteiger partial charge in [0.1, 0.15) is 5.82 Å². The summed E-state index contributed by atoms with van der Waals surface area (Å²) in [4.78, 5) is 1.04. The molecule has 20 heavy (non-hydrogen) atoms. The summed E-state index contributed by atoms with van der Waals surface area (Å²) in [7, 11) is 0. The minimum Gasteiger partial charge on any atom is -0.310 e. The monoisotopic (exact) mass is 327 g/mol. The SMILES string of the molecule is CSc1nnc(Sc2ccc(F)cc2CNC2CC2)s1. The lowest BCUT2D eigenvalue weighted by Crippen LogP contribution is -2.15. The van der Waals surface area contributed by atoms with Gasteiger partial charge in [-0.25, -0.2) is 4.39 Å². The Bertz CT molecular complexity index is 598. The molecule has 1 aromatic heterocycles. The molecule has 106 valence electrons. The van der Waals surface area contributed by atoms with Gasteiger partial charge in [0.25, 0.3) is 0 Å².